The van der Waals surface area contributed by atoms with Crippen LogP contribution >= 0.6 is 15.9 Å². The summed E-state index contributed by atoms with van der Waals surface area (Å²) < 4.78 is 18.4. The average Bonchev–Trinajstić information content (AvgIpc) is 2.15. The van der Waals surface area contributed by atoms with Crippen LogP contribution in [0.4, 0.5) is 4.39 Å². The Morgan fingerprint density at radius 3 is 2.44 bits per heavy atom. The van der Waals surface area contributed by atoms with Crippen molar-refractivity contribution >= 4 is 15.9 Å². The molecule has 0 aliphatic carbocycles. The van der Waals surface area contributed by atoms with Crippen LogP contribution in [0.3, 0.4) is 0 Å². The van der Waals surface area contributed by atoms with Gasteiger partial charge in [-0.15, -0.1) is 0 Å². The van der Waals surface area contributed by atoms with E-state index in [1.807, 2.05) is 6.07 Å². The molecule has 1 unspecified atom stereocenters. The van der Waals surface area contributed by atoms with Crippen LogP contribution in [0.15, 0.2) is 18.2 Å². The van der Waals surface area contributed by atoms with Gasteiger partial charge in [-0.3, -0.25) is 0 Å². The molecule has 0 aliphatic rings. The molecule has 0 aromatic heterocycles. The number of methoxy groups -OCH3 is 1. The van der Waals surface area contributed by atoms with Crippen molar-refractivity contribution in [3.8, 4) is 5.75 Å². The maximum Gasteiger partial charge on any atom is 0.165 e. The summed E-state index contributed by atoms with van der Waals surface area (Å²) in [6.45, 7) is 6.50. The number of alkyl halides is 1. The molecule has 0 saturated carbocycles. The zero-order chi connectivity index (χ0) is 12.3. The standard InChI is InChI=1S/C13H18BrFO/c1-13(2,3)8-10(14)9-5-6-12(16-4)11(15)7-9/h5-7,10H,8H2,1-4H3. The second-order valence-corrected chi connectivity index (χ2v) is 6.23. The monoisotopic (exact) mass is 288 g/mol. The molecule has 0 aliphatic heterocycles. The fourth-order valence-corrected chi connectivity index (χ4v) is 2.79. The van der Waals surface area contributed by atoms with Gasteiger partial charge in [0.05, 0.1) is 7.11 Å². The Morgan fingerprint density at radius 1 is 1.38 bits per heavy atom. The van der Waals surface area contributed by atoms with Crippen molar-refractivity contribution in [1.29, 1.82) is 0 Å². The van der Waals surface area contributed by atoms with Crippen LogP contribution in [-0.4, -0.2) is 7.11 Å². The summed E-state index contributed by atoms with van der Waals surface area (Å²) >= 11 is 3.59. The van der Waals surface area contributed by atoms with Gasteiger partial charge in [0.1, 0.15) is 0 Å². The molecule has 0 saturated heterocycles. The van der Waals surface area contributed by atoms with E-state index >= 15 is 0 Å². The maximum atomic E-state index is 13.5. The van der Waals surface area contributed by atoms with Gasteiger partial charge in [-0.05, 0) is 29.5 Å². The summed E-state index contributed by atoms with van der Waals surface area (Å²) in [6.07, 6.45) is 0.957. The number of hydrogen-bond donors (Lipinski definition) is 0. The van der Waals surface area contributed by atoms with Crippen LogP contribution < -0.4 is 4.74 Å². The molecule has 0 radical (unpaired) electrons. The van der Waals surface area contributed by atoms with E-state index in [2.05, 4.69) is 36.7 Å². The van der Waals surface area contributed by atoms with E-state index in [-0.39, 0.29) is 16.1 Å². The number of rotatable bonds is 3. The van der Waals surface area contributed by atoms with Crippen molar-refractivity contribution in [2.24, 2.45) is 5.41 Å². The van der Waals surface area contributed by atoms with Gasteiger partial charge in [0.2, 0.25) is 0 Å². The molecule has 0 fully saturated rings. The fraction of sp³-hybridized carbons (Fsp3) is 0.538. The summed E-state index contributed by atoms with van der Waals surface area (Å²) in [4.78, 5) is 0.174. The van der Waals surface area contributed by atoms with Crippen molar-refractivity contribution < 1.29 is 9.13 Å². The molecule has 90 valence electrons. The third-order valence-corrected chi connectivity index (χ3v) is 3.18. The van der Waals surface area contributed by atoms with Gasteiger partial charge in [0.15, 0.2) is 11.6 Å². The molecule has 0 spiro atoms. The van der Waals surface area contributed by atoms with Crippen molar-refractivity contribution in [3.63, 3.8) is 0 Å². The third-order valence-electron chi connectivity index (χ3n) is 2.33. The van der Waals surface area contributed by atoms with Crippen LogP contribution in [0.2, 0.25) is 0 Å². The normalized spacial score (nSPS) is 13.6. The fourth-order valence-electron chi connectivity index (χ4n) is 1.53. The summed E-state index contributed by atoms with van der Waals surface area (Å²) in [5, 5.41) is 0. The van der Waals surface area contributed by atoms with Gasteiger partial charge in [0.25, 0.3) is 0 Å². The number of benzene rings is 1. The molecular formula is C13H18BrFO. The van der Waals surface area contributed by atoms with E-state index in [1.165, 1.54) is 13.2 Å². The van der Waals surface area contributed by atoms with Crippen LogP contribution in [0.25, 0.3) is 0 Å². The molecule has 1 atom stereocenters. The minimum absolute atomic E-state index is 0.174. The topological polar surface area (TPSA) is 9.23 Å². The lowest BCUT2D eigenvalue weighted by atomic mass is 9.88. The molecule has 0 bridgehead atoms. The quantitative estimate of drug-likeness (QED) is 0.732. The highest BCUT2D eigenvalue weighted by atomic mass is 79.9. The van der Waals surface area contributed by atoms with Gasteiger partial charge in [-0.2, -0.15) is 0 Å². The smallest absolute Gasteiger partial charge is 0.165 e. The first kappa shape index (κ1) is 13.5. The first-order valence-electron chi connectivity index (χ1n) is 5.31. The minimum atomic E-state index is -0.307. The number of hydrogen-bond acceptors (Lipinski definition) is 1. The summed E-state index contributed by atoms with van der Waals surface area (Å²) in [7, 11) is 1.47. The van der Waals surface area contributed by atoms with E-state index in [1.54, 1.807) is 6.07 Å². The van der Waals surface area contributed by atoms with E-state index in [0.717, 1.165) is 12.0 Å². The second-order valence-electron chi connectivity index (χ2n) is 5.13. The van der Waals surface area contributed by atoms with Gasteiger partial charge < -0.3 is 4.74 Å². The molecule has 16 heavy (non-hydrogen) atoms. The SMILES string of the molecule is COc1ccc(C(Br)CC(C)(C)C)cc1F. The van der Waals surface area contributed by atoms with Gasteiger partial charge in [-0.25, -0.2) is 4.39 Å². The van der Waals surface area contributed by atoms with Gasteiger partial charge in [-0.1, -0.05) is 42.8 Å². The number of halogens is 2. The highest BCUT2D eigenvalue weighted by molar-refractivity contribution is 9.09. The van der Waals surface area contributed by atoms with E-state index in [9.17, 15) is 4.39 Å². The second kappa shape index (κ2) is 5.17. The Kier molecular flexibility index (Phi) is 4.36. The molecule has 0 amide bonds. The van der Waals surface area contributed by atoms with Gasteiger partial charge in [0, 0.05) is 4.83 Å². The first-order valence-corrected chi connectivity index (χ1v) is 6.22. The predicted molar refractivity (Wildman–Crippen MR) is 68.7 cm³/mol. The zero-order valence-corrected chi connectivity index (χ0v) is 11.8. The molecular weight excluding hydrogens is 271 g/mol. The Morgan fingerprint density at radius 2 is 2.00 bits per heavy atom. The lowest BCUT2D eigenvalue weighted by molar-refractivity contribution is 0.374. The summed E-state index contributed by atoms with van der Waals surface area (Å²) in [5.74, 6) is -0.0161. The van der Waals surface area contributed by atoms with Crippen molar-refractivity contribution in [2.45, 2.75) is 32.0 Å². The van der Waals surface area contributed by atoms with Crippen LogP contribution in [0.5, 0.6) is 5.75 Å². The summed E-state index contributed by atoms with van der Waals surface area (Å²) in [6, 6.07) is 5.10. The molecule has 0 heterocycles. The molecule has 1 rings (SSSR count). The minimum Gasteiger partial charge on any atom is -0.494 e. The first-order chi connectivity index (χ1) is 7.33. The molecule has 1 nitrogen and oxygen atoms in total. The lowest BCUT2D eigenvalue weighted by Gasteiger charge is -2.22. The van der Waals surface area contributed by atoms with Crippen molar-refractivity contribution in [3.05, 3.63) is 29.6 Å². The van der Waals surface area contributed by atoms with E-state index in [4.69, 9.17) is 4.74 Å². The highest BCUT2D eigenvalue weighted by Crippen LogP contribution is 2.36. The van der Waals surface area contributed by atoms with Crippen molar-refractivity contribution in [1.82, 2.24) is 0 Å². The van der Waals surface area contributed by atoms with Crippen LogP contribution in [0.1, 0.15) is 37.6 Å². The molecule has 3 heteroatoms. The Bertz CT molecular complexity index is 357. The predicted octanol–water partition coefficient (Wildman–Crippen LogP) is 4.71. The van der Waals surface area contributed by atoms with E-state index in [0.29, 0.717) is 5.75 Å². The molecule has 1 aromatic rings. The molecule has 1 aromatic carbocycles. The number of ether oxygens (including phenoxy) is 1. The Labute approximate surface area is 105 Å². The zero-order valence-electron chi connectivity index (χ0n) is 10.2. The molecule has 0 N–H and O–H groups in total. The average molecular weight is 289 g/mol. The third kappa shape index (κ3) is 3.78. The van der Waals surface area contributed by atoms with Gasteiger partial charge >= 0.3 is 0 Å². The maximum absolute atomic E-state index is 13.5. The highest BCUT2D eigenvalue weighted by Gasteiger charge is 2.18. The van der Waals surface area contributed by atoms with Crippen molar-refractivity contribution in [2.75, 3.05) is 7.11 Å². The van der Waals surface area contributed by atoms with Crippen LogP contribution in [-0.2, 0) is 0 Å². The lowest BCUT2D eigenvalue weighted by Crippen LogP contribution is -2.08. The Balaban J connectivity index is 2.85. The largest absolute Gasteiger partial charge is 0.494 e. The van der Waals surface area contributed by atoms with E-state index < -0.39 is 0 Å². The van der Waals surface area contributed by atoms with Crippen LogP contribution in [0, 0.1) is 11.2 Å². The Hall–Kier alpha value is -0.570. The summed E-state index contributed by atoms with van der Waals surface area (Å²) in [5.41, 5.74) is 1.16.